The molecule has 0 aromatic heterocycles. The van der Waals surface area contributed by atoms with Crippen LogP contribution >= 0.6 is 0 Å². The van der Waals surface area contributed by atoms with Gasteiger partial charge < -0.3 is 5.11 Å². The molecule has 1 aliphatic heterocycles. The summed E-state index contributed by atoms with van der Waals surface area (Å²) >= 11 is 0. The van der Waals surface area contributed by atoms with Gasteiger partial charge in [0.25, 0.3) is 0 Å². The topological polar surface area (TPSA) is 23.5 Å². The molecule has 0 bridgehead atoms. The Balaban J connectivity index is 2.33. The molecule has 84 valence electrons. The first kappa shape index (κ1) is 12.0. The summed E-state index contributed by atoms with van der Waals surface area (Å²) in [4.78, 5) is 2.48. The molecule has 1 aliphatic rings. The van der Waals surface area contributed by atoms with Gasteiger partial charge in [-0.1, -0.05) is 27.2 Å². The van der Waals surface area contributed by atoms with Gasteiger partial charge in [-0.2, -0.15) is 0 Å². The van der Waals surface area contributed by atoms with Crippen molar-refractivity contribution in [1.82, 2.24) is 4.90 Å². The van der Waals surface area contributed by atoms with E-state index in [4.69, 9.17) is 0 Å². The molecule has 1 heterocycles. The molecule has 0 amide bonds. The molecule has 2 heteroatoms. The van der Waals surface area contributed by atoms with E-state index < -0.39 is 0 Å². The van der Waals surface area contributed by atoms with Gasteiger partial charge in [0.15, 0.2) is 0 Å². The monoisotopic (exact) mass is 199 g/mol. The van der Waals surface area contributed by atoms with Crippen LogP contribution < -0.4 is 0 Å². The van der Waals surface area contributed by atoms with E-state index in [1.165, 1.54) is 25.8 Å². The molecule has 1 saturated heterocycles. The minimum Gasteiger partial charge on any atom is -0.392 e. The molecule has 0 radical (unpaired) electrons. The Hall–Kier alpha value is -0.0800. The van der Waals surface area contributed by atoms with Crippen molar-refractivity contribution in [2.24, 2.45) is 5.92 Å². The maximum Gasteiger partial charge on any atom is 0.0682 e. The third-order valence-corrected chi connectivity index (χ3v) is 3.12. The molecule has 2 nitrogen and oxygen atoms in total. The number of likely N-dealkylation sites (tertiary alicyclic amines) is 1. The van der Waals surface area contributed by atoms with E-state index in [2.05, 4.69) is 25.7 Å². The van der Waals surface area contributed by atoms with Crippen molar-refractivity contribution in [3.63, 3.8) is 0 Å². The van der Waals surface area contributed by atoms with Gasteiger partial charge >= 0.3 is 0 Å². The lowest BCUT2D eigenvalue weighted by Crippen LogP contribution is -2.31. The van der Waals surface area contributed by atoms with Crippen LogP contribution in [-0.2, 0) is 0 Å². The van der Waals surface area contributed by atoms with Crippen LogP contribution in [0.1, 0.15) is 46.5 Å². The number of nitrogens with zero attached hydrogens (tertiary/aromatic N) is 1. The largest absolute Gasteiger partial charge is 0.392 e. The third kappa shape index (κ3) is 3.58. The van der Waals surface area contributed by atoms with Crippen molar-refractivity contribution < 1.29 is 5.11 Å². The number of aliphatic hydroxyl groups excluding tert-OH is 1. The quantitative estimate of drug-likeness (QED) is 0.734. The SMILES string of the molecule is CCC[C@H]1C[C@@H](O)CN1CCC(C)C. The second-order valence-electron chi connectivity index (χ2n) is 5.01. The number of aliphatic hydroxyl groups is 1. The molecule has 1 fully saturated rings. The van der Waals surface area contributed by atoms with Gasteiger partial charge in [-0.05, 0) is 31.7 Å². The van der Waals surface area contributed by atoms with Crippen molar-refractivity contribution in [2.45, 2.75) is 58.6 Å². The Morgan fingerprint density at radius 1 is 1.43 bits per heavy atom. The van der Waals surface area contributed by atoms with Gasteiger partial charge in [0.1, 0.15) is 0 Å². The second kappa shape index (κ2) is 5.72. The van der Waals surface area contributed by atoms with Crippen LogP contribution in [0.25, 0.3) is 0 Å². The predicted molar refractivity (Wildman–Crippen MR) is 60.3 cm³/mol. The highest BCUT2D eigenvalue weighted by Crippen LogP contribution is 2.22. The van der Waals surface area contributed by atoms with E-state index in [1.54, 1.807) is 0 Å². The maximum atomic E-state index is 9.62. The van der Waals surface area contributed by atoms with Gasteiger partial charge in [-0.15, -0.1) is 0 Å². The van der Waals surface area contributed by atoms with E-state index in [0.717, 1.165) is 18.9 Å². The van der Waals surface area contributed by atoms with Crippen molar-refractivity contribution in [3.05, 3.63) is 0 Å². The lowest BCUT2D eigenvalue weighted by molar-refractivity contribution is 0.172. The highest BCUT2D eigenvalue weighted by atomic mass is 16.3. The number of rotatable bonds is 5. The van der Waals surface area contributed by atoms with Crippen LogP contribution in [0.3, 0.4) is 0 Å². The Morgan fingerprint density at radius 2 is 2.14 bits per heavy atom. The number of hydrogen-bond acceptors (Lipinski definition) is 2. The smallest absolute Gasteiger partial charge is 0.0682 e. The summed E-state index contributed by atoms with van der Waals surface area (Å²) in [7, 11) is 0. The lowest BCUT2D eigenvalue weighted by atomic mass is 10.1. The standard InChI is InChI=1S/C12H25NO/c1-4-5-11-8-12(14)9-13(11)7-6-10(2)3/h10-12,14H,4-9H2,1-3H3/t11-,12+/m0/s1. The van der Waals surface area contributed by atoms with Gasteiger partial charge in [-0.3, -0.25) is 4.90 Å². The van der Waals surface area contributed by atoms with E-state index >= 15 is 0 Å². The summed E-state index contributed by atoms with van der Waals surface area (Å²) in [5.74, 6) is 0.773. The Morgan fingerprint density at radius 3 is 2.71 bits per heavy atom. The molecule has 0 unspecified atom stereocenters. The number of hydrogen-bond donors (Lipinski definition) is 1. The van der Waals surface area contributed by atoms with Crippen LogP contribution in [0.2, 0.25) is 0 Å². The molecular weight excluding hydrogens is 174 g/mol. The molecule has 0 spiro atoms. The fourth-order valence-electron chi connectivity index (χ4n) is 2.29. The zero-order valence-corrected chi connectivity index (χ0v) is 9.87. The first-order valence-corrected chi connectivity index (χ1v) is 6.05. The Bertz CT molecular complexity index is 158. The Labute approximate surface area is 88.3 Å². The average Bonchev–Trinajstić information content (AvgIpc) is 2.44. The van der Waals surface area contributed by atoms with Gasteiger partial charge in [-0.25, -0.2) is 0 Å². The summed E-state index contributed by atoms with van der Waals surface area (Å²) in [5, 5.41) is 9.62. The van der Waals surface area contributed by atoms with E-state index in [0.29, 0.717) is 6.04 Å². The van der Waals surface area contributed by atoms with Crippen molar-refractivity contribution >= 4 is 0 Å². The minimum absolute atomic E-state index is 0.0706. The molecule has 0 saturated carbocycles. The minimum atomic E-state index is -0.0706. The summed E-state index contributed by atoms with van der Waals surface area (Å²) in [6.45, 7) is 8.82. The predicted octanol–water partition coefficient (Wildman–Crippen LogP) is 2.27. The highest BCUT2D eigenvalue weighted by Gasteiger charge is 2.29. The summed E-state index contributed by atoms with van der Waals surface area (Å²) in [5.41, 5.74) is 0. The van der Waals surface area contributed by atoms with Crippen LogP contribution in [0, 0.1) is 5.92 Å². The molecule has 0 aromatic rings. The molecular formula is C12H25NO. The van der Waals surface area contributed by atoms with E-state index in [9.17, 15) is 5.11 Å². The van der Waals surface area contributed by atoms with Gasteiger partial charge in [0.05, 0.1) is 6.10 Å². The third-order valence-electron chi connectivity index (χ3n) is 3.12. The summed E-state index contributed by atoms with van der Waals surface area (Å²) in [6.07, 6.45) is 4.66. The van der Waals surface area contributed by atoms with Crippen molar-refractivity contribution in [3.8, 4) is 0 Å². The maximum absolute atomic E-state index is 9.62. The molecule has 1 N–H and O–H groups in total. The summed E-state index contributed by atoms with van der Waals surface area (Å²) in [6, 6.07) is 0.647. The van der Waals surface area contributed by atoms with Gasteiger partial charge in [0, 0.05) is 12.6 Å². The fourth-order valence-corrected chi connectivity index (χ4v) is 2.29. The molecule has 14 heavy (non-hydrogen) atoms. The molecule has 0 aliphatic carbocycles. The fraction of sp³-hybridized carbons (Fsp3) is 1.00. The zero-order chi connectivity index (χ0) is 10.6. The van der Waals surface area contributed by atoms with Crippen molar-refractivity contribution in [1.29, 1.82) is 0 Å². The molecule has 1 rings (SSSR count). The van der Waals surface area contributed by atoms with E-state index in [-0.39, 0.29) is 6.10 Å². The molecule has 0 aromatic carbocycles. The lowest BCUT2D eigenvalue weighted by Gasteiger charge is -2.24. The average molecular weight is 199 g/mol. The van der Waals surface area contributed by atoms with Crippen LogP contribution in [0.15, 0.2) is 0 Å². The molecule has 2 atom stereocenters. The second-order valence-corrected chi connectivity index (χ2v) is 5.01. The number of β-amino-alcohol motifs (C(OH)–C–C–N with tert-alkyl or cyclic N) is 1. The first-order valence-electron chi connectivity index (χ1n) is 6.05. The zero-order valence-electron chi connectivity index (χ0n) is 9.87. The first-order chi connectivity index (χ1) is 6.63. The summed E-state index contributed by atoms with van der Waals surface area (Å²) < 4.78 is 0. The van der Waals surface area contributed by atoms with Crippen LogP contribution in [0.5, 0.6) is 0 Å². The van der Waals surface area contributed by atoms with Crippen LogP contribution in [-0.4, -0.2) is 35.2 Å². The van der Waals surface area contributed by atoms with E-state index in [1.807, 2.05) is 0 Å². The normalized spacial score (nSPS) is 28.9. The van der Waals surface area contributed by atoms with Crippen LogP contribution in [0.4, 0.5) is 0 Å². The van der Waals surface area contributed by atoms with Crippen molar-refractivity contribution in [2.75, 3.05) is 13.1 Å². The van der Waals surface area contributed by atoms with Gasteiger partial charge in [0.2, 0.25) is 0 Å². The Kier molecular flexibility index (Phi) is 4.90. The highest BCUT2D eigenvalue weighted by molar-refractivity contribution is 4.84.